The van der Waals surface area contributed by atoms with Crippen LogP contribution in [-0.4, -0.2) is 20.9 Å². The number of hydrogen-bond acceptors (Lipinski definition) is 3. The molecule has 0 bridgehead atoms. The van der Waals surface area contributed by atoms with Gasteiger partial charge in [0, 0.05) is 24.9 Å². The lowest BCUT2D eigenvalue weighted by Gasteiger charge is -2.12. The van der Waals surface area contributed by atoms with Gasteiger partial charge in [0.05, 0.1) is 5.52 Å². The predicted molar refractivity (Wildman–Crippen MR) is 69.5 cm³/mol. The van der Waals surface area contributed by atoms with Crippen LogP contribution in [0.15, 0.2) is 18.2 Å². The van der Waals surface area contributed by atoms with Crippen LogP contribution in [0.3, 0.4) is 0 Å². The van der Waals surface area contributed by atoms with Gasteiger partial charge in [0.15, 0.2) is 5.15 Å². The van der Waals surface area contributed by atoms with E-state index < -0.39 is 5.97 Å². The lowest BCUT2D eigenvalue weighted by Crippen LogP contribution is -2.13. The van der Waals surface area contributed by atoms with E-state index in [1.54, 1.807) is 11.7 Å². The summed E-state index contributed by atoms with van der Waals surface area (Å²) in [5, 5.41) is 14.1. The van der Waals surface area contributed by atoms with E-state index in [1.165, 1.54) is 0 Å². The van der Waals surface area contributed by atoms with Crippen LogP contribution < -0.4 is 5.73 Å². The fourth-order valence-electron chi connectivity index (χ4n) is 2.06. The van der Waals surface area contributed by atoms with Crippen LogP contribution in [0.5, 0.6) is 0 Å². The summed E-state index contributed by atoms with van der Waals surface area (Å²) in [5.74, 6) is -0.847. The van der Waals surface area contributed by atoms with E-state index in [2.05, 4.69) is 5.10 Å². The lowest BCUT2D eigenvalue weighted by molar-refractivity contribution is -0.137. The second-order valence-corrected chi connectivity index (χ2v) is 4.55. The molecule has 1 aromatic heterocycles. The molecule has 0 aliphatic carbocycles. The van der Waals surface area contributed by atoms with E-state index in [1.807, 2.05) is 18.2 Å². The molecule has 1 unspecified atom stereocenters. The number of fused-ring (bicyclic) bond motifs is 1. The van der Waals surface area contributed by atoms with Gasteiger partial charge in [0.25, 0.3) is 0 Å². The first-order chi connectivity index (χ1) is 8.50. The Morgan fingerprint density at radius 1 is 1.61 bits per heavy atom. The van der Waals surface area contributed by atoms with Gasteiger partial charge in [-0.2, -0.15) is 5.10 Å². The monoisotopic (exact) mass is 267 g/mol. The highest BCUT2D eigenvalue weighted by molar-refractivity contribution is 6.34. The van der Waals surface area contributed by atoms with Crippen molar-refractivity contribution in [3.63, 3.8) is 0 Å². The number of aryl methyl sites for hydroxylation is 1. The number of hydrogen-bond donors (Lipinski definition) is 2. The minimum atomic E-state index is -0.847. The predicted octanol–water partition coefficient (Wildman–Crippen LogP) is 2.09. The molecule has 96 valence electrons. The number of aromatic nitrogens is 2. The topological polar surface area (TPSA) is 81.1 Å². The van der Waals surface area contributed by atoms with Gasteiger partial charge < -0.3 is 10.8 Å². The first-order valence-electron chi connectivity index (χ1n) is 5.59. The molecule has 0 aliphatic heterocycles. The molecule has 0 saturated heterocycles. The van der Waals surface area contributed by atoms with Gasteiger partial charge in [-0.1, -0.05) is 23.7 Å². The Hall–Kier alpha value is -1.59. The number of rotatable bonds is 4. The molecule has 0 fully saturated rings. The first kappa shape index (κ1) is 12.9. The van der Waals surface area contributed by atoms with Crippen molar-refractivity contribution in [3.05, 3.63) is 28.9 Å². The van der Waals surface area contributed by atoms with Crippen molar-refractivity contribution in [2.45, 2.75) is 18.9 Å². The van der Waals surface area contributed by atoms with Crippen molar-refractivity contribution in [1.82, 2.24) is 9.78 Å². The molecule has 0 saturated carbocycles. The van der Waals surface area contributed by atoms with E-state index in [-0.39, 0.29) is 12.5 Å². The third-order valence-corrected chi connectivity index (χ3v) is 3.20. The lowest BCUT2D eigenvalue weighted by atomic mass is 10.0. The molecule has 5 nitrogen and oxygen atoms in total. The summed E-state index contributed by atoms with van der Waals surface area (Å²) >= 11 is 6.02. The Balaban J connectivity index is 2.41. The number of carboxylic acids is 1. The number of carbonyl (C=O) groups is 1. The molecule has 0 amide bonds. The molecular weight excluding hydrogens is 254 g/mol. The smallest absolute Gasteiger partial charge is 0.303 e. The van der Waals surface area contributed by atoms with Gasteiger partial charge >= 0.3 is 5.97 Å². The summed E-state index contributed by atoms with van der Waals surface area (Å²) in [4.78, 5) is 10.6. The highest BCUT2D eigenvalue weighted by Crippen LogP contribution is 2.29. The second-order valence-electron chi connectivity index (χ2n) is 4.20. The van der Waals surface area contributed by atoms with Gasteiger partial charge in [-0.15, -0.1) is 0 Å². The molecular formula is C12H14ClN3O2. The van der Waals surface area contributed by atoms with E-state index >= 15 is 0 Å². The van der Waals surface area contributed by atoms with E-state index in [0.717, 1.165) is 16.5 Å². The average molecular weight is 268 g/mol. The van der Waals surface area contributed by atoms with E-state index in [9.17, 15) is 4.79 Å². The Morgan fingerprint density at radius 2 is 2.33 bits per heavy atom. The third-order valence-electron chi connectivity index (χ3n) is 2.92. The summed E-state index contributed by atoms with van der Waals surface area (Å²) in [7, 11) is 1.79. The molecule has 0 radical (unpaired) electrons. The number of aliphatic carboxylic acids is 1. The Labute approximate surface area is 109 Å². The molecule has 6 heteroatoms. The summed E-state index contributed by atoms with van der Waals surface area (Å²) in [6.45, 7) is 0. The zero-order valence-corrected chi connectivity index (χ0v) is 10.7. The zero-order chi connectivity index (χ0) is 13.3. The molecule has 0 aliphatic rings. The van der Waals surface area contributed by atoms with Crippen molar-refractivity contribution >= 4 is 28.5 Å². The SMILES string of the molecule is Cn1nc(Cl)c2cccc(C(N)CCC(=O)O)c21. The minimum absolute atomic E-state index is 0.0448. The molecule has 2 rings (SSSR count). The number of halogens is 1. The summed E-state index contributed by atoms with van der Waals surface area (Å²) in [6, 6.07) is 5.27. The van der Waals surface area contributed by atoms with Crippen LogP contribution in [0.1, 0.15) is 24.4 Å². The highest BCUT2D eigenvalue weighted by Gasteiger charge is 2.16. The summed E-state index contributed by atoms with van der Waals surface area (Å²) < 4.78 is 1.67. The maximum Gasteiger partial charge on any atom is 0.303 e. The van der Waals surface area contributed by atoms with Crippen LogP contribution in [0, 0.1) is 0 Å². The highest BCUT2D eigenvalue weighted by atomic mass is 35.5. The summed E-state index contributed by atoms with van der Waals surface area (Å²) in [6.07, 6.45) is 0.431. The van der Waals surface area contributed by atoms with Crippen LogP contribution in [0.4, 0.5) is 0 Å². The quantitative estimate of drug-likeness (QED) is 0.889. The third kappa shape index (κ3) is 2.32. The van der Waals surface area contributed by atoms with Crippen LogP contribution in [-0.2, 0) is 11.8 Å². The largest absolute Gasteiger partial charge is 0.481 e. The Morgan fingerprint density at radius 3 is 3.00 bits per heavy atom. The van der Waals surface area contributed by atoms with Crippen LogP contribution >= 0.6 is 11.6 Å². The summed E-state index contributed by atoms with van der Waals surface area (Å²) in [5.41, 5.74) is 7.77. The van der Waals surface area contributed by atoms with Gasteiger partial charge in [-0.3, -0.25) is 9.48 Å². The van der Waals surface area contributed by atoms with Crippen molar-refractivity contribution in [3.8, 4) is 0 Å². The maximum absolute atomic E-state index is 10.6. The molecule has 18 heavy (non-hydrogen) atoms. The molecule has 0 spiro atoms. The van der Waals surface area contributed by atoms with Crippen molar-refractivity contribution < 1.29 is 9.90 Å². The van der Waals surface area contributed by atoms with E-state index in [4.69, 9.17) is 22.4 Å². The molecule has 1 aromatic carbocycles. The fourth-order valence-corrected chi connectivity index (χ4v) is 2.32. The van der Waals surface area contributed by atoms with Gasteiger partial charge in [0.1, 0.15) is 0 Å². The standard InChI is InChI=1S/C12H14ClN3O2/c1-16-11-7(9(14)5-6-10(17)18)3-2-4-8(11)12(13)15-16/h2-4,9H,5-6,14H2,1H3,(H,17,18). The normalized spacial score (nSPS) is 12.8. The molecule has 3 N–H and O–H groups in total. The first-order valence-corrected chi connectivity index (χ1v) is 5.97. The molecule has 1 heterocycles. The number of nitrogens with two attached hydrogens (primary N) is 1. The maximum atomic E-state index is 10.6. The van der Waals surface area contributed by atoms with Gasteiger partial charge in [-0.25, -0.2) is 0 Å². The van der Waals surface area contributed by atoms with Crippen LogP contribution in [0.2, 0.25) is 5.15 Å². The van der Waals surface area contributed by atoms with Gasteiger partial charge in [-0.05, 0) is 18.1 Å². The Bertz CT molecular complexity index is 594. The zero-order valence-electron chi connectivity index (χ0n) is 9.93. The molecule has 2 aromatic rings. The van der Waals surface area contributed by atoms with Crippen molar-refractivity contribution in [2.24, 2.45) is 12.8 Å². The van der Waals surface area contributed by atoms with Crippen molar-refractivity contribution in [2.75, 3.05) is 0 Å². The van der Waals surface area contributed by atoms with Crippen molar-refractivity contribution in [1.29, 1.82) is 0 Å². The number of para-hydroxylation sites is 1. The second kappa shape index (κ2) is 4.96. The average Bonchev–Trinajstić information content (AvgIpc) is 2.62. The molecule has 1 atom stereocenters. The van der Waals surface area contributed by atoms with Gasteiger partial charge in [0.2, 0.25) is 0 Å². The minimum Gasteiger partial charge on any atom is -0.481 e. The number of carboxylic acid groups (broad SMARTS) is 1. The fraction of sp³-hybridized carbons (Fsp3) is 0.333. The van der Waals surface area contributed by atoms with Crippen LogP contribution in [0.25, 0.3) is 10.9 Å². The number of nitrogens with zero attached hydrogens (tertiary/aromatic N) is 2. The van der Waals surface area contributed by atoms with E-state index in [0.29, 0.717) is 11.6 Å². The Kier molecular flexibility index (Phi) is 3.54. The number of benzene rings is 1.